The monoisotopic (exact) mass is 337 g/mol. The number of thiophene rings is 1. The maximum Gasteiger partial charge on any atom is 0.308 e. The number of fused-ring (bicyclic) bond motifs is 1. The number of hydrogen-bond donors (Lipinski definition) is 1. The molecule has 1 aliphatic heterocycles. The Balaban J connectivity index is 2.00. The second kappa shape index (κ2) is 5.40. The highest BCUT2D eigenvalue weighted by atomic mass is 32.2. The van der Waals surface area contributed by atoms with Gasteiger partial charge in [-0.05, 0) is 37.1 Å². The maximum absolute atomic E-state index is 12.9. The lowest BCUT2D eigenvalue weighted by molar-refractivity contribution is -0.136. The van der Waals surface area contributed by atoms with Gasteiger partial charge in [-0.1, -0.05) is 18.2 Å². The first-order valence-electron chi connectivity index (χ1n) is 6.82. The lowest BCUT2D eigenvalue weighted by atomic mass is 10.1. The largest absolute Gasteiger partial charge is 0.481 e. The summed E-state index contributed by atoms with van der Waals surface area (Å²) < 4.78 is 27.4. The van der Waals surface area contributed by atoms with E-state index in [1.807, 2.05) is 31.2 Å². The summed E-state index contributed by atoms with van der Waals surface area (Å²) in [5, 5.41) is 8.81. The van der Waals surface area contributed by atoms with E-state index in [4.69, 9.17) is 5.11 Å². The number of anilines is 1. The van der Waals surface area contributed by atoms with Gasteiger partial charge in [-0.3, -0.25) is 9.10 Å². The highest BCUT2D eigenvalue weighted by Gasteiger charge is 2.36. The summed E-state index contributed by atoms with van der Waals surface area (Å²) in [6, 6.07) is 10.4. The van der Waals surface area contributed by atoms with Crippen LogP contribution in [0.15, 0.2) is 40.6 Å². The van der Waals surface area contributed by atoms with E-state index < -0.39 is 16.0 Å². The number of aliphatic carboxylic acids is 1. The molecule has 7 heteroatoms. The number of hydrogen-bond acceptors (Lipinski definition) is 4. The highest BCUT2D eigenvalue weighted by Crippen LogP contribution is 2.38. The van der Waals surface area contributed by atoms with E-state index in [0.717, 1.165) is 16.9 Å². The molecule has 0 spiro atoms. The second-order valence-corrected chi connectivity index (χ2v) is 8.48. The van der Waals surface area contributed by atoms with Crippen LogP contribution in [0.3, 0.4) is 0 Å². The van der Waals surface area contributed by atoms with Gasteiger partial charge in [0.2, 0.25) is 0 Å². The number of sulfonamides is 1. The number of nitrogens with zero attached hydrogens (tertiary/aromatic N) is 1. The molecule has 0 unspecified atom stereocenters. The first-order chi connectivity index (χ1) is 10.4. The molecule has 0 bridgehead atoms. The van der Waals surface area contributed by atoms with E-state index in [0.29, 0.717) is 17.0 Å². The minimum absolute atomic E-state index is 0.146. The van der Waals surface area contributed by atoms with E-state index in [1.165, 1.54) is 10.4 Å². The van der Waals surface area contributed by atoms with Crippen molar-refractivity contribution < 1.29 is 18.3 Å². The molecule has 0 fully saturated rings. The standard InChI is InChI=1S/C15H15NO4S2/c1-10-8-11-4-2-3-5-13(11)16(10)22(19,20)15-7-6-12(21-15)9-14(17)18/h2-7,10H,8-9H2,1H3,(H,17,18)/t10-/m0/s1. The number of para-hydroxylation sites is 1. The molecule has 2 aromatic rings. The molecule has 1 aromatic carbocycles. The zero-order valence-corrected chi connectivity index (χ0v) is 13.5. The summed E-state index contributed by atoms with van der Waals surface area (Å²) in [4.78, 5) is 11.3. The number of carbonyl (C=O) groups is 1. The van der Waals surface area contributed by atoms with Crippen LogP contribution in [0.4, 0.5) is 5.69 Å². The van der Waals surface area contributed by atoms with Crippen LogP contribution in [0.2, 0.25) is 0 Å². The molecule has 22 heavy (non-hydrogen) atoms. The summed E-state index contributed by atoms with van der Waals surface area (Å²) in [5.74, 6) is -0.967. The number of carboxylic acid groups (broad SMARTS) is 1. The minimum atomic E-state index is -3.66. The number of rotatable bonds is 4. The maximum atomic E-state index is 12.9. The Hall–Kier alpha value is -1.86. The smallest absolute Gasteiger partial charge is 0.308 e. The summed E-state index contributed by atoms with van der Waals surface area (Å²) >= 11 is 1.02. The first-order valence-corrected chi connectivity index (χ1v) is 9.08. The third kappa shape index (κ3) is 2.50. The van der Waals surface area contributed by atoms with Gasteiger partial charge < -0.3 is 5.11 Å². The van der Waals surface area contributed by atoms with Gasteiger partial charge in [-0.2, -0.15) is 0 Å². The van der Waals surface area contributed by atoms with E-state index >= 15 is 0 Å². The van der Waals surface area contributed by atoms with Crippen molar-refractivity contribution in [2.24, 2.45) is 0 Å². The number of carboxylic acids is 1. The SMILES string of the molecule is C[C@H]1Cc2ccccc2N1S(=O)(=O)c1ccc(CC(=O)O)s1. The van der Waals surface area contributed by atoms with Crippen LogP contribution < -0.4 is 4.31 Å². The number of benzene rings is 1. The van der Waals surface area contributed by atoms with Crippen LogP contribution >= 0.6 is 11.3 Å². The van der Waals surface area contributed by atoms with Gasteiger partial charge in [0, 0.05) is 10.9 Å². The van der Waals surface area contributed by atoms with Gasteiger partial charge in [0.1, 0.15) is 4.21 Å². The molecule has 1 atom stereocenters. The molecular formula is C15H15NO4S2. The molecule has 1 N–H and O–H groups in total. The predicted molar refractivity (Wildman–Crippen MR) is 84.9 cm³/mol. The fourth-order valence-corrected chi connectivity index (χ4v) is 5.87. The quantitative estimate of drug-likeness (QED) is 0.930. The topological polar surface area (TPSA) is 74.7 Å². The van der Waals surface area contributed by atoms with Crippen molar-refractivity contribution in [3.8, 4) is 0 Å². The van der Waals surface area contributed by atoms with Crippen LogP contribution in [-0.2, 0) is 27.7 Å². The molecule has 116 valence electrons. The molecule has 2 heterocycles. The summed E-state index contributed by atoms with van der Waals surface area (Å²) in [6.07, 6.45) is 0.523. The molecule has 1 aromatic heterocycles. The molecule has 0 saturated carbocycles. The van der Waals surface area contributed by atoms with Crippen molar-refractivity contribution >= 4 is 33.0 Å². The molecule has 5 nitrogen and oxygen atoms in total. The van der Waals surface area contributed by atoms with Gasteiger partial charge in [-0.15, -0.1) is 11.3 Å². The predicted octanol–water partition coefficient (Wildman–Crippen LogP) is 2.52. The van der Waals surface area contributed by atoms with Crippen LogP contribution in [0.5, 0.6) is 0 Å². The zero-order valence-electron chi connectivity index (χ0n) is 11.9. The van der Waals surface area contributed by atoms with Crippen LogP contribution in [-0.4, -0.2) is 25.5 Å². The molecule has 3 rings (SSSR count). The van der Waals surface area contributed by atoms with E-state index in [2.05, 4.69) is 0 Å². The Bertz CT molecular complexity index is 826. The Morgan fingerprint density at radius 2 is 2.05 bits per heavy atom. The zero-order chi connectivity index (χ0) is 15.9. The normalized spacial score (nSPS) is 17.5. The lowest BCUT2D eigenvalue weighted by Crippen LogP contribution is -2.35. The first kappa shape index (κ1) is 15.1. The fourth-order valence-electron chi connectivity index (χ4n) is 2.74. The Kier molecular flexibility index (Phi) is 3.70. The molecule has 0 saturated heterocycles. The fraction of sp³-hybridized carbons (Fsp3) is 0.267. The van der Waals surface area contributed by atoms with Gasteiger partial charge in [-0.25, -0.2) is 8.42 Å². The van der Waals surface area contributed by atoms with Gasteiger partial charge >= 0.3 is 5.97 Å². The third-order valence-corrected chi connectivity index (χ3v) is 7.10. The van der Waals surface area contributed by atoms with E-state index in [-0.39, 0.29) is 16.7 Å². The van der Waals surface area contributed by atoms with Crippen LogP contribution in [0.1, 0.15) is 17.4 Å². The Labute approximate surface area is 132 Å². The highest BCUT2D eigenvalue weighted by molar-refractivity contribution is 7.94. The second-order valence-electron chi connectivity index (χ2n) is 5.27. The van der Waals surface area contributed by atoms with Gasteiger partial charge in [0.15, 0.2) is 0 Å². The average molecular weight is 337 g/mol. The average Bonchev–Trinajstić information content (AvgIpc) is 3.01. The molecule has 1 aliphatic rings. The van der Waals surface area contributed by atoms with Gasteiger partial charge in [0.25, 0.3) is 10.0 Å². The van der Waals surface area contributed by atoms with Gasteiger partial charge in [0.05, 0.1) is 12.1 Å². The molecule has 0 radical (unpaired) electrons. The van der Waals surface area contributed by atoms with Crippen LogP contribution in [0, 0.1) is 0 Å². The van der Waals surface area contributed by atoms with Crippen molar-refractivity contribution in [3.05, 3.63) is 46.8 Å². The van der Waals surface area contributed by atoms with Crippen molar-refractivity contribution in [1.82, 2.24) is 0 Å². The van der Waals surface area contributed by atoms with E-state index in [1.54, 1.807) is 6.07 Å². The summed E-state index contributed by atoms with van der Waals surface area (Å²) in [7, 11) is -3.66. The molecular weight excluding hydrogens is 322 g/mol. The van der Waals surface area contributed by atoms with Crippen LogP contribution in [0.25, 0.3) is 0 Å². The van der Waals surface area contributed by atoms with Crippen molar-refractivity contribution in [2.75, 3.05) is 4.31 Å². The van der Waals surface area contributed by atoms with Crippen molar-refractivity contribution in [1.29, 1.82) is 0 Å². The van der Waals surface area contributed by atoms with Crippen molar-refractivity contribution in [2.45, 2.75) is 30.0 Å². The minimum Gasteiger partial charge on any atom is -0.481 e. The Morgan fingerprint density at radius 3 is 2.77 bits per heavy atom. The third-order valence-electron chi connectivity index (χ3n) is 3.62. The Morgan fingerprint density at radius 1 is 1.32 bits per heavy atom. The summed E-state index contributed by atoms with van der Waals surface area (Å²) in [5.41, 5.74) is 1.73. The lowest BCUT2D eigenvalue weighted by Gasteiger charge is -2.23. The van der Waals surface area contributed by atoms with E-state index in [9.17, 15) is 13.2 Å². The van der Waals surface area contributed by atoms with Crippen molar-refractivity contribution in [3.63, 3.8) is 0 Å². The summed E-state index contributed by atoms with van der Waals surface area (Å²) in [6.45, 7) is 1.88. The molecule has 0 aliphatic carbocycles. The molecule has 0 amide bonds.